The van der Waals surface area contributed by atoms with Gasteiger partial charge in [0, 0.05) is 35.9 Å². The highest BCUT2D eigenvalue weighted by Crippen LogP contribution is 2.49. The number of hydrogen-bond acceptors (Lipinski definition) is 4. The molecule has 0 bridgehead atoms. The molecule has 22 heavy (non-hydrogen) atoms. The largest absolute Gasteiger partial charge is 0.446 e. The summed E-state index contributed by atoms with van der Waals surface area (Å²) in [7, 11) is 2.06. The Morgan fingerprint density at radius 3 is 2.18 bits per heavy atom. The van der Waals surface area contributed by atoms with Crippen LogP contribution in [0.5, 0.6) is 0 Å². The second-order valence-corrected chi connectivity index (χ2v) is 6.00. The number of hydrogen-bond donors (Lipinski definition) is 2. The van der Waals surface area contributed by atoms with Gasteiger partial charge in [0.1, 0.15) is 0 Å². The molecule has 1 aliphatic carbocycles. The second kappa shape index (κ2) is 6.16. The van der Waals surface area contributed by atoms with Crippen LogP contribution in [0.2, 0.25) is 0 Å². The van der Waals surface area contributed by atoms with E-state index < -0.39 is 12.5 Å². The number of aldehydes is 1. The third-order valence-corrected chi connectivity index (χ3v) is 4.21. The standard InChI is InChI=1S/C13H19N3.C2HF3O/c1-15-11-6-13(7-11)8-16(9-13)12-4-2-10(14)3-5-12;3-2(4,5)1-6/h2-5,11,15H,6-9,14H2,1H3;1H. The van der Waals surface area contributed by atoms with Crippen molar-refractivity contribution in [3.05, 3.63) is 24.3 Å². The number of nitrogens with two attached hydrogens (primary N) is 1. The first-order chi connectivity index (χ1) is 10.3. The van der Waals surface area contributed by atoms with Gasteiger partial charge in [-0.3, -0.25) is 4.79 Å². The summed E-state index contributed by atoms with van der Waals surface area (Å²) >= 11 is 0. The fraction of sp³-hybridized carbons (Fsp3) is 0.533. The Labute approximate surface area is 127 Å². The van der Waals surface area contributed by atoms with E-state index in [0.717, 1.165) is 11.7 Å². The number of carbonyl (C=O) groups is 1. The fourth-order valence-electron chi connectivity index (χ4n) is 3.08. The van der Waals surface area contributed by atoms with Crippen molar-refractivity contribution in [1.29, 1.82) is 0 Å². The van der Waals surface area contributed by atoms with Gasteiger partial charge >= 0.3 is 6.18 Å². The average Bonchev–Trinajstić information content (AvgIpc) is 2.38. The van der Waals surface area contributed by atoms with Crippen LogP contribution in [0.1, 0.15) is 12.8 Å². The van der Waals surface area contributed by atoms with E-state index in [1.54, 1.807) is 0 Å². The lowest BCUT2D eigenvalue weighted by molar-refractivity contribution is -0.156. The maximum atomic E-state index is 10.4. The minimum Gasteiger partial charge on any atom is -0.399 e. The van der Waals surface area contributed by atoms with Gasteiger partial charge < -0.3 is 16.0 Å². The van der Waals surface area contributed by atoms with Crippen molar-refractivity contribution in [1.82, 2.24) is 5.32 Å². The zero-order valence-electron chi connectivity index (χ0n) is 12.4. The second-order valence-electron chi connectivity index (χ2n) is 6.00. The molecular formula is C15H20F3N3O. The molecule has 4 nitrogen and oxygen atoms in total. The topological polar surface area (TPSA) is 58.4 Å². The number of carbonyl (C=O) groups excluding carboxylic acids is 1. The lowest BCUT2D eigenvalue weighted by atomic mass is 9.60. The van der Waals surface area contributed by atoms with Crippen LogP contribution in [0.15, 0.2) is 24.3 Å². The zero-order valence-corrected chi connectivity index (χ0v) is 12.4. The summed E-state index contributed by atoms with van der Waals surface area (Å²) < 4.78 is 31.2. The molecule has 1 aromatic rings. The van der Waals surface area contributed by atoms with E-state index in [1.165, 1.54) is 31.6 Å². The molecule has 0 atom stereocenters. The molecule has 1 saturated carbocycles. The van der Waals surface area contributed by atoms with E-state index in [4.69, 9.17) is 10.5 Å². The highest BCUT2D eigenvalue weighted by molar-refractivity contribution is 5.56. The molecule has 1 spiro atoms. The quantitative estimate of drug-likeness (QED) is 0.649. The summed E-state index contributed by atoms with van der Waals surface area (Å²) in [5.74, 6) is 0. The highest BCUT2D eigenvalue weighted by Gasteiger charge is 2.51. The van der Waals surface area contributed by atoms with Gasteiger partial charge in [0.2, 0.25) is 6.29 Å². The summed E-state index contributed by atoms with van der Waals surface area (Å²) in [6.07, 6.45) is -3.02. The first kappa shape index (κ1) is 16.6. The van der Waals surface area contributed by atoms with Crippen molar-refractivity contribution in [2.75, 3.05) is 30.8 Å². The van der Waals surface area contributed by atoms with Gasteiger partial charge in [0.05, 0.1) is 0 Å². The predicted molar refractivity (Wildman–Crippen MR) is 79.7 cm³/mol. The van der Waals surface area contributed by atoms with Crippen LogP contribution in [0, 0.1) is 5.41 Å². The lowest BCUT2D eigenvalue weighted by Gasteiger charge is -2.60. The van der Waals surface area contributed by atoms with E-state index in [9.17, 15) is 13.2 Å². The van der Waals surface area contributed by atoms with Crippen LogP contribution in [0.25, 0.3) is 0 Å². The maximum Gasteiger partial charge on any atom is 0.446 e. The van der Waals surface area contributed by atoms with E-state index >= 15 is 0 Å². The Bertz CT molecular complexity index is 502. The first-order valence-electron chi connectivity index (χ1n) is 7.08. The van der Waals surface area contributed by atoms with Gasteiger partial charge in [-0.15, -0.1) is 0 Å². The molecule has 1 aromatic carbocycles. The summed E-state index contributed by atoms with van der Waals surface area (Å²) in [5, 5.41) is 3.35. The number of nitrogen functional groups attached to an aromatic ring is 1. The van der Waals surface area contributed by atoms with Crippen LogP contribution in [0.3, 0.4) is 0 Å². The molecule has 0 radical (unpaired) electrons. The molecule has 3 N–H and O–H groups in total. The zero-order chi connectivity index (χ0) is 16.4. The van der Waals surface area contributed by atoms with E-state index in [0.29, 0.717) is 5.41 Å². The van der Waals surface area contributed by atoms with Gasteiger partial charge in [0.15, 0.2) is 0 Å². The summed E-state index contributed by atoms with van der Waals surface area (Å²) in [6, 6.07) is 8.97. The van der Waals surface area contributed by atoms with Crippen molar-refractivity contribution >= 4 is 17.7 Å². The smallest absolute Gasteiger partial charge is 0.399 e. The summed E-state index contributed by atoms with van der Waals surface area (Å²) in [6.45, 7) is 2.43. The number of halogens is 3. The summed E-state index contributed by atoms with van der Waals surface area (Å²) in [4.78, 5) is 11.2. The molecule has 1 aliphatic heterocycles. The van der Waals surface area contributed by atoms with Crippen molar-refractivity contribution in [2.45, 2.75) is 25.1 Å². The normalized spacial score (nSPS) is 19.7. The molecule has 0 amide bonds. The maximum absolute atomic E-state index is 10.4. The summed E-state index contributed by atoms with van der Waals surface area (Å²) in [5.41, 5.74) is 8.46. The SMILES string of the molecule is CNC1CC2(C1)CN(c1ccc(N)cc1)C2.O=CC(F)(F)F. The number of anilines is 2. The predicted octanol–water partition coefficient (Wildman–Crippen LogP) is 2.20. The fourth-order valence-corrected chi connectivity index (χ4v) is 3.08. The molecule has 0 aromatic heterocycles. The van der Waals surface area contributed by atoms with Crippen LogP contribution >= 0.6 is 0 Å². The molecule has 0 unspecified atom stereocenters. The van der Waals surface area contributed by atoms with Crippen molar-refractivity contribution in [3.8, 4) is 0 Å². The van der Waals surface area contributed by atoms with Crippen LogP contribution < -0.4 is 16.0 Å². The molecule has 2 aliphatic rings. The molecule has 1 saturated heterocycles. The molecule has 7 heteroatoms. The molecule has 3 rings (SSSR count). The molecule has 2 fully saturated rings. The van der Waals surface area contributed by atoms with Gasteiger partial charge in [-0.1, -0.05) is 0 Å². The number of benzene rings is 1. The van der Waals surface area contributed by atoms with Crippen molar-refractivity contribution in [2.24, 2.45) is 5.41 Å². The number of nitrogens with zero attached hydrogens (tertiary/aromatic N) is 1. The minimum atomic E-state index is -4.64. The Hall–Kier alpha value is -1.76. The molecule has 122 valence electrons. The minimum absolute atomic E-state index is 0.620. The van der Waals surface area contributed by atoms with Crippen molar-refractivity contribution < 1.29 is 18.0 Å². The van der Waals surface area contributed by atoms with E-state index in [1.807, 2.05) is 12.1 Å². The third kappa shape index (κ3) is 3.91. The van der Waals surface area contributed by atoms with Gasteiger partial charge in [-0.2, -0.15) is 13.2 Å². The lowest BCUT2D eigenvalue weighted by Crippen LogP contribution is -2.66. The molecule has 1 heterocycles. The highest BCUT2D eigenvalue weighted by atomic mass is 19.4. The van der Waals surface area contributed by atoms with Crippen LogP contribution in [-0.4, -0.2) is 38.6 Å². The Balaban J connectivity index is 0.000000254. The van der Waals surface area contributed by atoms with Crippen LogP contribution in [0.4, 0.5) is 24.5 Å². The van der Waals surface area contributed by atoms with E-state index in [-0.39, 0.29) is 0 Å². The Morgan fingerprint density at radius 1 is 1.27 bits per heavy atom. The van der Waals surface area contributed by atoms with Crippen molar-refractivity contribution in [3.63, 3.8) is 0 Å². The van der Waals surface area contributed by atoms with Gasteiger partial charge in [0.25, 0.3) is 0 Å². The number of rotatable bonds is 2. The van der Waals surface area contributed by atoms with Gasteiger partial charge in [-0.25, -0.2) is 0 Å². The van der Waals surface area contributed by atoms with Gasteiger partial charge in [-0.05, 0) is 44.2 Å². The molecular weight excluding hydrogens is 295 g/mol. The third-order valence-electron chi connectivity index (χ3n) is 4.21. The van der Waals surface area contributed by atoms with E-state index in [2.05, 4.69) is 29.4 Å². The van der Waals surface area contributed by atoms with Crippen LogP contribution in [-0.2, 0) is 4.79 Å². The Morgan fingerprint density at radius 2 is 1.77 bits per heavy atom. The number of alkyl halides is 3. The monoisotopic (exact) mass is 315 g/mol. The number of nitrogens with one attached hydrogen (secondary N) is 1. The first-order valence-corrected chi connectivity index (χ1v) is 7.08. The Kier molecular flexibility index (Phi) is 4.65. The average molecular weight is 315 g/mol.